The number of carbonyl (C=O) groups is 2. The molecule has 0 aliphatic heterocycles. The van der Waals surface area contributed by atoms with Crippen molar-refractivity contribution in [2.45, 2.75) is 58.0 Å². The van der Waals surface area contributed by atoms with Gasteiger partial charge in [0.15, 0.2) is 0 Å². The Morgan fingerprint density at radius 3 is 2.30 bits per heavy atom. The minimum absolute atomic E-state index is 0.0231. The van der Waals surface area contributed by atoms with Gasteiger partial charge in [0.2, 0.25) is 11.8 Å². The van der Waals surface area contributed by atoms with E-state index in [2.05, 4.69) is 5.32 Å². The highest BCUT2D eigenvalue weighted by Gasteiger charge is 2.29. The van der Waals surface area contributed by atoms with Gasteiger partial charge in [0.1, 0.15) is 6.04 Å². The molecule has 2 rings (SSSR count). The van der Waals surface area contributed by atoms with Crippen LogP contribution in [0, 0.1) is 0 Å². The highest BCUT2D eigenvalue weighted by molar-refractivity contribution is 7.99. The Morgan fingerprint density at radius 1 is 0.970 bits per heavy atom. The molecule has 33 heavy (non-hydrogen) atoms. The lowest BCUT2D eigenvalue weighted by atomic mass is 10.1. The molecule has 0 bridgehead atoms. The van der Waals surface area contributed by atoms with E-state index in [-0.39, 0.29) is 30.2 Å². The summed E-state index contributed by atoms with van der Waals surface area (Å²) in [7, 11) is 0. The summed E-state index contributed by atoms with van der Waals surface area (Å²) in [5, 5.41) is 4.98. The molecule has 2 aromatic carbocycles. The lowest BCUT2D eigenvalue weighted by Crippen LogP contribution is -2.51. The number of benzene rings is 2. The number of carbonyl (C=O) groups excluding carboxylic acids is 2. The Balaban J connectivity index is 2.18. The van der Waals surface area contributed by atoms with Crippen molar-refractivity contribution < 1.29 is 9.59 Å². The van der Waals surface area contributed by atoms with Gasteiger partial charge in [-0.1, -0.05) is 72.4 Å². The fourth-order valence-corrected chi connectivity index (χ4v) is 4.95. The zero-order valence-electron chi connectivity index (χ0n) is 18.8. The maximum absolute atomic E-state index is 13.3. The molecular formula is C24H28Cl4N2O2S. The number of hydrogen-bond donors (Lipinski definition) is 1. The van der Waals surface area contributed by atoms with E-state index < -0.39 is 6.04 Å². The summed E-state index contributed by atoms with van der Waals surface area (Å²) in [5.41, 5.74) is 1.70. The van der Waals surface area contributed by atoms with Crippen molar-refractivity contribution in [3.8, 4) is 0 Å². The van der Waals surface area contributed by atoms with Crippen molar-refractivity contribution in [3.05, 3.63) is 67.6 Å². The number of halogens is 4. The molecular weight excluding hydrogens is 522 g/mol. The average Bonchev–Trinajstić information content (AvgIpc) is 2.77. The minimum atomic E-state index is -0.597. The summed E-state index contributed by atoms with van der Waals surface area (Å²) in [4.78, 5) is 27.9. The maximum atomic E-state index is 13.3. The van der Waals surface area contributed by atoms with E-state index in [1.165, 1.54) is 11.8 Å². The van der Waals surface area contributed by atoms with Gasteiger partial charge in [-0.3, -0.25) is 9.59 Å². The van der Waals surface area contributed by atoms with Crippen molar-refractivity contribution in [1.29, 1.82) is 0 Å². The Kier molecular flexibility index (Phi) is 11.7. The monoisotopic (exact) mass is 548 g/mol. The quantitative estimate of drug-likeness (QED) is 0.321. The highest BCUT2D eigenvalue weighted by atomic mass is 35.5. The minimum Gasteiger partial charge on any atom is -0.352 e. The zero-order chi connectivity index (χ0) is 24.5. The van der Waals surface area contributed by atoms with E-state index in [9.17, 15) is 9.59 Å². The lowest BCUT2D eigenvalue weighted by Gasteiger charge is -2.31. The molecule has 1 N–H and O–H groups in total. The normalized spacial score (nSPS) is 12.8. The molecule has 0 aliphatic carbocycles. The number of hydrogen-bond acceptors (Lipinski definition) is 3. The summed E-state index contributed by atoms with van der Waals surface area (Å²) in [6.45, 7) is 6.10. The maximum Gasteiger partial charge on any atom is 0.243 e. The largest absolute Gasteiger partial charge is 0.352 e. The van der Waals surface area contributed by atoms with Crippen LogP contribution in [0.25, 0.3) is 0 Å². The van der Waals surface area contributed by atoms with Gasteiger partial charge < -0.3 is 10.2 Å². The van der Waals surface area contributed by atoms with Crippen LogP contribution in [0.5, 0.6) is 0 Å². The third kappa shape index (κ3) is 8.56. The van der Waals surface area contributed by atoms with Crippen LogP contribution in [-0.4, -0.2) is 34.6 Å². The number of rotatable bonds is 11. The first-order chi connectivity index (χ1) is 15.7. The van der Waals surface area contributed by atoms with E-state index in [0.717, 1.165) is 17.5 Å². The molecule has 0 unspecified atom stereocenters. The first-order valence-corrected chi connectivity index (χ1v) is 13.4. The standard InChI is InChI=1S/C24H28Cl4N2O2S/c1-4-15(3)29-24(32)22(5-2)30(12-16-6-9-19(26)21(28)10-16)23(31)14-33-13-17-7-8-18(25)11-20(17)27/h6-11,15,22H,4-5,12-14H2,1-3H3,(H,29,32)/t15-,22+/m1/s1. The second kappa shape index (κ2) is 13.7. The zero-order valence-corrected chi connectivity index (χ0v) is 22.7. The lowest BCUT2D eigenvalue weighted by molar-refractivity contribution is -0.139. The molecule has 2 amide bonds. The van der Waals surface area contributed by atoms with Crippen LogP contribution in [0.15, 0.2) is 36.4 Å². The Bertz CT molecular complexity index is 973. The number of nitrogens with zero attached hydrogens (tertiary/aromatic N) is 1. The van der Waals surface area contributed by atoms with Gasteiger partial charge in [0, 0.05) is 28.4 Å². The number of thioether (sulfide) groups is 1. The van der Waals surface area contributed by atoms with Crippen LogP contribution < -0.4 is 5.32 Å². The van der Waals surface area contributed by atoms with Gasteiger partial charge in [-0.2, -0.15) is 0 Å². The molecule has 2 atom stereocenters. The van der Waals surface area contributed by atoms with E-state index >= 15 is 0 Å². The molecule has 0 radical (unpaired) electrons. The molecule has 0 fully saturated rings. The second-order valence-corrected chi connectivity index (χ2v) is 10.4. The van der Waals surface area contributed by atoms with Gasteiger partial charge in [-0.15, -0.1) is 11.8 Å². The number of nitrogens with one attached hydrogen (secondary N) is 1. The summed E-state index contributed by atoms with van der Waals surface area (Å²) in [6.07, 6.45) is 1.30. The predicted molar refractivity (Wildman–Crippen MR) is 142 cm³/mol. The molecule has 9 heteroatoms. The smallest absolute Gasteiger partial charge is 0.243 e. The van der Waals surface area contributed by atoms with Crippen LogP contribution >= 0.6 is 58.2 Å². The fraction of sp³-hybridized carbons (Fsp3) is 0.417. The Morgan fingerprint density at radius 2 is 1.70 bits per heavy atom. The average molecular weight is 550 g/mol. The highest BCUT2D eigenvalue weighted by Crippen LogP contribution is 2.26. The first kappa shape index (κ1) is 28.1. The van der Waals surface area contributed by atoms with E-state index in [1.54, 1.807) is 29.2 Å². The molecule has 0 saturated heterocycles. The van der Waals surface area contributed by atoms with Crippen molar-refractivity contribution >= 4 is 70.0 Å². The molecule has 2 aromatic rings. The van der Waals surface area contributed by atoms with Gasteiger partial charge in [0.05, 0.1) is 15.8 Å². The molecule has 180 valence electrons. The van der Waals surface area contributed by atoms with Crippen LogP contribution in [0.4, 0.5) is 0 Å². The molecule has 0 aromatic heterocycles. The summed E-state index contributed by atoms with van der Waals surface area (Å²) in [5.74, 6) is 0.458. The van der Waals surface area contributed by atoms with Crippen LogP contribution in [0.3, 0.4) is 0 Å². The van der Waals surface area contributed by atoms with E-state index in [1.807, 2.05) is 32.9 Å². The van der Waals surface area contributed by atoms with Crippen molar-refractivity contribution in [2.75, 3.05) is 5.75 Å². The topological polar surface area (TPSA) is 49.4 Å². The third-order valence-electron chi connectivity index (χ3n) is 5.22. The molecule has 4 nitrogen and oxygen atoms in total. The second-order valence-electron chi connectivity index (χ2n) is 7.74. The van der Waals surface area contributed by atoms with Gasteiger partial charge in [0.25, 0.3) is 0 Å². The van der Waals surface area contributed by atoms with Crippen LogP contribution in [-0.2, 0) is 21.9 Å². The Labute approximate surface area is 220 Å². The summed E-state index contributed by atoms with van der Waals surface area (Å²) >= 11 is 25.9. The third-order valence-corrected chi connectivity index (χ3v) is 7.51. The van der Waals surface area contributed by atoms with E-state index in [4.69, 9.17) is 46.4 Å². The van der Waals surface area contributed by atoms with Crippen molar-refractivity contribution in [3.63, 3.8) is 0 Å². The van der Waals surface area contributed by atoms with Gasteiger partial charge >= 0.3 is 0 Å². The SMILES string of the molecule is CC[C@@H](C)NC(=O)[C@H](CC)N(Cc1ccc(Cl)c(Cl)c1)C(=O)CSCc1ccc(Cl)cc1Cl. The molecule has 0 saturated carbocycles. The molecule has 0 aliphatic rings. The van der Waals surface area contributed by atoms with Crippen LogP contribution in [0.1, 0.15) is 44.7 Å². The van der Waals surface area contributed by atoms with Gasteiger partial charge in [-0.25, -0.2) is 0 Å². The van der Waals surface area contributed by atoms with E-state index in [0.29, 0.717) is 32.3 Å². The first-order valence-electron chi connectivity index (χ1n) is 10.7. The summed E-state index contributed by atoms with van der Waals surface area (Å²) in [6, 6.07) is 9.97. The Hall–Kier alpha value is -1.11. The van der Waals surface area contributed by atoms with Crippen molar-refractivity contribution in [2.24, 2.45) is 0 Å². The molecule has 0 heterocycles. The van der Waals surface area contributed by atoms with Crippen LogP contribution in [0.2, 0.25) is 20.1 Å². The summed E-state index contributed by atoms with van der Waals surface area (Å²) < 4.78 is 0. The van der Waals surface area contributed by atoms with Crippen molar-refractivity contribution in [1.82, 2.24) is 10.2 Å². The fourth-order valence-electron chi connectivity index (χ4n) is 3.17. The number of amides is 2. The molecule has 0 spiro atoms. The van der Waals surface area contributed by atoms with Gasteiger partial charge in [-0.05, 0) is 55.2 Å². The predicted octanol–water partition coefficient (Wildman–Crippen LogP) is 7.26.